The average Bonchev–Trinajstić information content (AvgIpc) is 1.54. The lowest BCUT2D eigenvalue weighted by Crippen LogP contribution is -2.34. The number of hydrogen-bond donors (Lipinski definition) is 0. The van der Waals surface area contributed by atoms with E-state index in [1.54, 1.807) is 0 Å². The first-order valence-corrected chi connectivity index (χ1v) is 48.9. The van der Waals surface area contributed by atoms with Crippen molar-refractivity contribution in [1.29, 1.82) is 0 Å². The maximum Gasteiger partial charge on any atom is 0.145 e. The van der Waals surface area contributed by atoms with Gasteiger partial charge >= 0.3 is 0 Å². The fraction of sp³-hybridized carbons (Fsp3) is 0.128. The van der Waals surface area contributed by atoms with Crippen LogP contribution in [0.25, 0.3) is 187 Å². The Kier molecular flexibility index (Phi) is 20.5. The van der Waals surface area contributed by atoms with Crippen LogP contribution in [-0.4, -0.2) is 105 Å². The summed E-state index contributed by atoms with van der Waals surface area (Å²) in [6.07, 6.45) is 22.3. The predicted octanol–water partition coefficient (Wildman–Crippen LogP) is 30.1. The summed E-state index contributed by atoms with van der Waals surface area (Å²) in [5.74, 6) is 0. The number of benzene rings is 16. The van der Waals surface area contributed by atoms with Crippen LogP contribution in [0.4, 0.5) is 22.7 Å². The van der Waals surface area contributed by atoms with Crippen molar-refractivity contribution in [1.82, 2.24) is 52.0 Å². The number of hydrogen-bond acceptors (Lipinski definition) is 10. The van der Waals surface area contributed by atoms with E-state index < -0.39 is 0 Å². The minimum Gasteiger partial charge on any atom is -0.455 e. The molecule has 0 aliphatic carbocycles. The van der Waals surface area contributed by atoms with Crippen molar-refractivity contribution >= 4 is 176 Å². The molecule has 0 radical (unpaired) electrons. The van der Waals surface area contributed by atoms with Crippen molar-refractivity contribution in [3.05, 3.63) is 430 Å². The molecule has 24 aromatic rings. The smallest absolute Gasteiger partial charge is 0.145 e. The van der Waals surface area contributed by atoms with E-state index in [1.165, 1.54) is 182 Å². The number of nitrogens with zero attached hydrogens (tertiary/aromatic N) is 15. The van der Waals surface area contributed by atoms with Crippen molar-refractivity contribution in [3.63, 3.8) is 0 Å². The monoisotopic (exact) mass is 1830 g/mol. The van der Waals surface area contributed by atoms with Crippen molar-refractivity contribution in [3.8, 4) is 34.1 Å². The first kappa shape index (κ1) is 85.3. The summed E-state index contributed by atoms with van der Waals surface area (Å²) >= 11 is 0. The van der Waals surface area contributed by atoms with Gasteiger partial charge in [-0.2, -0.15) is 0 Å². The van der Waals surface area contributed by atoms with Crippen LogP contribution >= 0.6 is 0 Å². The molecule has 0 unspecified atom stereocenters. The highest BCUT2D eigenvalue weighted by atomic mass is 16.3. The standard InChI is InChI=1S/2C36H30N4.C30H25N3O.C23H22N4/c1-24-22-34-30(23-33(24)38-21-20-37(3)25(38)2)35-32(39(34)26-12-6-4-7-13-26)19-18-29-28-16-10-11-17-31(28)40(36(29)35)27-14-8-5-9-15-27;1-24-18-19-29-28-20-21-32-33(30-16-10-11-17-31(30)39(32)26-12-6-4-7-13-26)35(28)40(27-14-8-5-9-15-27)36(29)34(24)38-23-22-37(3)25(38)2;1-19-17-27-24(18-26(19)32-16-15-31(3)20(32)2)29-25(33(27)21-9-5-4-6-10-21)14-13-23-22-11-7-8-12-28(22)34-30(23)29;1-16-9-10-20-19-11-12-24-15-21(19)27(18-7-5-4-6-8-18)23(20)22(16)26-14-13-25(3)17(26)2/h2*4-23,25H,1-3H3;4-18,20H,1-3H3;4-15,17H,1-3H3/t2*25-;20-;17-/m0000/s1. The van der Waals surface area contributed by atoms with E-state index in [0.717, 1.165) is 49.7 Å². The van der Waals surface area contributed by atoms with Gasteiger partial charge in [-0.25, -0.2) is 0 Å². The average molecular weight is 1840 g/mol. The normalized spacial score (nSPS) is 15.9. The van der Waals surface area contributed by atoms with Gasteiger partial charge in [0.05, 0.1) is 89.2 Å². The minimum atomic E-state index is 0.228. The Morgan fingerprint density at radius 1 is 0.227 bits per heavy atom. The topological polar surface area (TPSA) is 81.5 Å². The zero-order chi connectivity index (χ0) is 95.4. The van der Waals surface area contributed by atoms with E-state index in [-0.39, 0.29) is 24.7 Å². The second-order valence-corrected chi connectivity index (χ2v) is 38.2. The molecule has 0 N–H and O–H groups in total. The third kappa shape index (κ3) is 13.5. The molecule has 12 heterocycles. The van der Waals surface area contributed by atoms with Crippen molar-refractivity contribution in [2.24, 2.45) is 0 Å². The van der Waals surface area contributed by atoms with E-state index in [2.05, 4.69) is 544 Å². The molecular weight excluding hydrogens is 1730 g/mol. The van der Waals surface area contributed by atoms with Crippen LogP contribution in [0.2, 0.25) is 0 Å². The Morgan fingerprint density at radius 2 is 0.553 bits per heavy atom. The molecule has 16 heteroatoms. The third-order valence-corrected chi connectivity index (χ3v) is 30.3. The first-order chi connectivity index (χ1) is 69.0. The van der Waals surface area contributed by atoms with Gasteiger partial charge < -0.3 is 71.0 Å². The van der Waals surface area contributed by atoms with E-state index in [1.807, 2.05) is 18.5 Å². The molecule has 28 rings (SSSR count). The molecule has 16 aromatic carbocycles. The van der Waals surface area contributed by atoms with E-state index in [0.29, 0.717) is 0 Å². The zero-order valence-corrected chi connectivity index (χ0v) is 81.1. The molecule has 0 saturated heterocycles. The van der Waals surface area contributed by atoms with Gasteiger partial charge in [0.25, 0.3) is 0 Å². The summed E-state index contributed by atoms with van der Waals surface area (Å²) in [6, 6.07) is 124. The molecule has 4 aliphatic heterocycles. The number of aryl methyl sites for hydroxylation is 4. The molecule has 0 saturated carbocycles. The third-order valence-electron chi connectivity index (χ3n) is 30.3. The fourth-order valence-electron chi connectivity index (χ4n) is 22.8. The van der Waals surface area contributed by atoms with Crippen LogP contribution in [-0.2, 0) is 0 Å². The highest BCUT2D eigenvalue weighted by Crippen LogP contribution is 2.51. The van der Waals surface area contributed by atoms with Gasteiger partial charge in [-0.1, -0.05) is 200 Å². The molecule has 8 aromatic heterocycles. The summed E-state index contributed by atoms with van der Waals surface area (Å²) in [4.78, 5) is 22.9. The molecule has 4 aliphatic rings. The SMILES string of the molecule is Cc1cc2c(cc1N1C=CN(C)[C@@H]1C)c1c(ccc3c4ccccc4n(-c4ccccc4)c31)n2-c1ccccc1.Cc1cc2c(cc1N1C=CN(C)[C@@H]1C)c1c3oc4ccccc4c3ccc1n2-c1ccccc1.Cc1ccc2c3ccc4c(c5ccccc5n4-c4ccccc4)c3n(-c3ccccc3)c2c1N1C=CN(C)[C@@H]1C.Cc1ccc2c3ccncc3n(-c3ccccc3)c2c1N1C=CN(C)[C@@H]1C. The van der Waals surface area contributed by atoms with Crippen LogP contribution in [0.15, 0.2) is 412 Å². The number of fused-ring (bicyclic) bond motifs is 24. The molecule has 0 amide bonds. The maximum atomic E-state index is 6.51. The molecule has 16 nitrogen and oxygen atoms in total. The van der Waals surface area contributed by atoms with Crippen molar-refractivity contribution in [2.75, 3.05) is 47.8 Å². The molecule has 0 fully saturated rings. The number of rotatable bonds is 10. The largest absolute Gasteiger partial charge is 0.455 e. The van der Waals surface area contributed by atoms with Gasteiger partial charge in [0.1, 0.15) is 35.8 Å². The number of pyridine rings is 1. The van der Waals surface area contributed by atoms with Crippen molar-refractivity contribution in [2.45, 2.75) is 80.1 Å². The Morgan fingerprint density at radius 3 is 1.02 bits per heavy atom. The van der Waals surface area contributed by atoms with Crippen LogP contribution in [0.3, 0.4) is 0 Å². The molecular formula is C125H107N15O. The van der Waals surface area contributed by atoms with Crippen LogP contribution < -0.4 is 19.6 Å². The van der Waals surface area contributed by atoms with E-state index >= 15 is 0 Å². The Labute approximate surface area is 818 Å². The predicted molar refractivity (Wildman–Crippen MR) is 591 cm³/mol. The van der Waals surface area contributed by atoms with Crippen molar-refractivity contribution < 1.29 is 4.42 Å². The Bertz CT molecular complexity index is 9240. The summed E-state index contributed by atoms with van der Waals surface area (Å²) in [5.41, 5.74) is 33.5. The summed E-state index contributed by atoms with van der Waals surface area (Å²) in [5, 5.41) is 17.4. The van der Waals surface area contributed by atoms with Gasteiger partial charge in [-0.05, 0) is 223 Å². The molecule has 141 heavy (non-hydrogen) atoms. The minimum absolute atomic E-state index is 0.228. The Hall–Kier alpha value is -17.4. The second-order valence-electron chi connectivity index (χ2n) is 38.2. The number of anilines is 4. The van der Waals surface area contributed by atoms with Gasteiger partial charge in [-0.3, -0.25) is 4.98 Å². The van der Waals surface area contributed by atoms with Gasteiger partial charge in [0, 0.05) is 200 Å². The van der Waals surface area contributed by atoms with Gasteiger partial charge in [0.15, 0.2) is 0 Å². The summed E-state index contributed by atoms with van der Waals surface area (Å²) in [6.45, 7) is 17.8. The molecule has 0 spiro atoms. The lowest BCUT2D eigenvalue weighted by Gasteiger charge is -2.29. The summed E-state index contributed by atoms with van der Waals surface area (Å²) in [7, 11) is 8.52. The van der Waals surface area contributed by atoms with Crippen LogP contribution in [0.1, 0.15) is 49.9 Å². The van der Waals surface area contributed by atoms with E-state index in [4.69, 9.17) is 4.42 Å². The highest BCUT2D eigenvalue weighted by Gasteiger charge is 2.34. The first-order valence-electron chi connectivity index (χ1n) is 48.9. The zero-order valence-electron chi connectivity index (χ0n) is 81.1. The van der Waals surface area contributed by atoms with Crippen LogP contribution in [0, 0.1) is 27.7 Å². The molecule has 688 valence electrons. The quantitative estimate of drug-likeness (QED) is 0.132. The van der Waals surface area contributed by atoms with Gasteiger partial charge in [0.2, 0.25) is 0 Å². The number of para-hydroxylation sites is 9. The molecule has 4 atom stereocenters. The lowest BCUT2D eigenvalue weighted by molar-refractivity contribution is 0.383. The number of aromatic nitrogens is 7. The second kappa shape index (κ2) is 33.8. The van der Waals surface area contributed by atoms with Crippen LogP contribution in [0.5, 0.6) is 0 Å². The van der Waals surface area contributed by atoms with E-state index in [9.17, 15) is 0 Å². The fourth-order valence-corrected chi connectivity index (χ4v) is 22.8. The lowest BCUT2D eigenvalue weighted by atomic mass is 10.0. The Balaban J connectivity index is 0.000000100. The number of furan rings is 1. The van der Waals surface area contributed by atoms with Gasteiger partial charge in [-0.15, -0.1) is 0 Å². The summed E-state index contributed by atoms with van der Waals surface area (Å²) < 4.78 is 21.0. The highest BCUT2D eigenvalue weighted by molar-refractivity contribution is 6.30. The maximum absolute atomic E-state index is 6.51. The molecule has 0 bridgehead atoms.